The van der Waals surface area contributed by atoms with Crippen molar-refractivity contribution in [3.05, 3.63) is 47.5 Å². The van der Waals surface area contributed by atoms with E-state index in [0.717, 1.165) is 18.7 Å². The molecule has 19 heavy (non-hydrogen) atoms. The summed E-state index contributed by atoms with van der Waals surface area (Å²) in [7, 11) is 0. The highest BCUT2D eigenvalue weighted by atomic mass is 19.1. The molecule has 0 aliphatic heterocycles. The molecule has 0 amide bonds. The molecule has 2 aromatic rings. The van der Waals surface area contributed by atoms with Crippen molar-refractivity contribution in [3.8, 4) is 11.4 Å². The predicted octanol–water partition coefficient (Wildman–Crippen LogP) is 3.09. The molecule has 1 aromatic heterocycles. The number of nitrogens with one attached hydrogen (secondary N) is 1. The van der Waals surface area contributed by atoms with Gasteiger partial charge in [-0.25, -0.2) is 14.4 Å². The van der Waals surface area contributed by atoms with Crippen LogP contribution in [0.4, 0.5) is 4.39 Å². The van der Waals surface area contributed by atoms with Gasteiger partial charge in [-0.15, -0.1) is 0 Å². The van der Waals surface area contributed by atoms with Gasteiger partial charge in [0.15, 0.2) is 5.82 Å². The van der Waals surface area contributed by atoms with E-state index in [1.165, 1.54) is 6.07 Å². The third-order valence-corrected chi connectivity index (χ3v) is 2.88. The molecule has 100 valence electrons. The van der Waals surface area contributed by atoms with E-state index in [9.17, 15) is 4.39 Å². The summed E-state index contributed by atoms with van der Waals surface area (Å²) < 4.78 is 13.5. The Morgan fingerprint density at radius 1 is 1.26 bits per heavy atom. The van der Waals surface area contributed by atoms with Crippen LogP contribution in [0.15, 0.2) is 30.5 Å². The van der Waals surface area contributed by atoms with Gasteiger partial charge in [-0.3, -0.25) is 0 Å². The van der Waals surface area contributed by atoms with Gasteiger partial charge in [0, 0.05) is 18.3 Å². The Kier molecular flexibility index (Phi) is 4.58. The smallest absolute Gasteiger partial charge is 0.159 e. The third kappa shape index (κ3) is 3.58. The second-order valence-electron chi connectivity index (χ2n) is 4.51. The molecule has 0 saturated carbocycles. The largest absolute Gasteiger partial charge is 0.311 e. The normalized spacial score (nSPS) is 10.7. The van der Waals surface area contributed by atoms with Gasteiger partial charge in [-0.1, -0.05) is 19.1 Å². The monoisotopic (exact) mass is 259 g/mol. The number of aryl methyl sites for hydroxylation is 1. The average Bonchev–Trinajstić information content (AvgIpc) is 2.43. The Labute approximate surface area is 112 Å². The highest BCUT2D eigenvalue weighted by molar-refractivity contribution is 5.55. The molecule has 4 heteroatoms. The number of hydrogen-bond acceptors (Lipinski definition) is 3. The maximum atomic E-state index is 13.5. The fourth-order valence-corrected chi connectivity index (χ4v) is 1.76. The van der Waals surface area contributed by atoms with Crippen LogP contribution in [-0.4, -0.2) is 16.5 Å². The van der Waals surface area contributed by atoms with E-state index in [-0.39, 0.29) is 5.82 Å². The van der Waals surface area contributed by atoms with Gasteiger partial charge in [0.05, 0.1) is 5.69 Å². The predicted molar refractivity (Wildman–Crippen MR) is 74.2 cm³/mol. The van der Waals surface area contributed by atoms with Crippen LogP contribution in [0.5, 0.6) is 0 Å². The lowest BCUT2D eigenvalue weighted by atomic mass is 10.1. The van der Waals surface area contributed by atoms with E-state index in [2.05, 4.69) is 22.2 Å². The molecule has 1 N–H and O–H groups in total. The van der Waals surface area contributed by atoms with Gasteiger partial charge >= 0.3 is 0 Å². The Morgan fingerprint density at radius 3 is 2.84 bits per heavy atom. The van der Waals surface area contributed by atoms with Gasteiger partial charge in [0.1, 0.15) is 5.82 Å². The summed E-state index contributed by atoms with van der Waals surface area (Å²) in [5, 5.41) is 3.29. The average molecular weight is 259 g/mol. The van der Waals surface area contributed by atoms with Gasteiger partial charge in [0.25, 0.3) is 0 Å². The summed E-state index contributed by atoms with van der Waals surface area (Å²) >= 11 is 0. The number of nitrogens with zero attached hydrogens (tertiary/aromatic N) is 2. The summed E-state index contributed by atoms with van der Waals surface area (Å²) in [6.45, 7) is 5.52. The number of rotatable bonds is 5. The molecular formula is C15H18FN3. The lowest BCUT2D eigenvalue weighted by Gasteiger charge is -2.06. The summed E-state index contributed by atoms with van der Waals surface area (Å²) in [4.78, 5) is 8.65. The first kappa shape index (κ1) is 13.6. The van der Waals surface area contributed by atoms with Crippen LogP contribution < -0.4 is 5.32 Å². The van der Waals surface area contributed by atoms with E-state index in [1.54, 1.807) is 19.2 Å². The number of aromatic nitrogens is 2. The van der Waals surface area contributed by atoms with Crippen molar-refractivity contribution in [2.75, 3.05) is 6.54 Å². The Bertz CT molecular complexity index is 555. The van der Waals surface area contributed by atoms with Crippen LogP contribution in [0.25, 0.3) is 11.4 Å². The quantitative estimate of drug-likeness (QED) is 0.838. The van der Waals surface area contributed by atoms with Crippen LogP contribution >= 0.6 is 0 Å². The minimum absolute atomic E-state index is 0.226. The van der Waals surface area contributed by atoms with Crippen LogP contribution in [0.1, 0.15) is 24.6 Å². The summed E-state index contributed by atoms with van der Waals surface area (Å²) in [6, 6.07) is 6.94. The van der Waals surface area contributed by atoms with E-state index < -0.39 is 0 Å². The fraction of sp³-hybridized carbons (Fsp3) is 0.333. The molecule has 3 nitrogen and oxygen atoms in total. The minimum Gasteiger partial charge on any atom is -0.311 e. The zero-order chi connectivity index (χ0) is 13.7. The summed E-state index contributed by atoms with van der Waals surface area (Å²) in [6.07, 6.45) is 2.80. The number of benzene rings is 1. The van der Waals surface area contributed by atoms with Crippen molar-refractivity contribution in [2.45, 2.75) is 26.8 Å². The Hall–Kier alpha value is -1.81. The lowest BCUT2D eigenvalue weighted by molar-refractivity contribution is 0.619. The molecule has 0 aliphatic rings. The van der Waals surface area contributed by atoms with E-state index >= 15 is 0 Å². The van der Waals surface area contributed by atoms with Crippen LogP contribution in [0.3, 0.4) is 0 Å². The molecule has 1 heterocycles. The van der Waals surface area contributed by atoms with E-state index in [4.69, 9.17) is 0 Å². The van der Waals surface area contributed by atoms with Crippen molar-refractivity contribution in [1.29, 1.82) is 0 Å². The molecule has 0 aliphatic carbocycles. The highest BCUT2D eigenvalue weighted by Gasteiger charge is 2.05. The van der Waals surface area contributed by atoms with Crippen molar-refractivity contribution < 1.29 is 4.39 Å². The third-order valence-electron chi connectivity index (χ3n) is 2.88. The van der Waals surface area contributed by atoms with E-state index in [0.29, 0.717) is 23.5 Å². The van der Waals surface area contributed by atoms with Crippen molar-refractivity contribution >= 4 is 0 Å². The maximum Gasteiger partial charge on any atom is 0.159 e. The molecule has 0 atom stereocenters. The minimum atomic E-state index is -0.226. The zero-order valence-electron chi connectivity index (χ0n) is 11.3. The highest BCUT2D eigenvalue weighted by Crippen LogP contribution is 2.18. The van der Waals surface area contributed by atoms with Crippen LogP contribution in [-0.2, 0) is 6.54 Å². The molecule has 0 unspecified atom stereocenters. The molecule has 2 rings (SSSR count). The van der Waals surface area contributed by atoms with Gasteiger partial charge in [-0.05, 0) is 37.6 Å². The number of halogens is 1. The molecule has 0 bridgehead atoms. The molecule has 0 spiro atoms. The topological polar surface area (TPSA) is 37.8 Å². The van der Waals surface area contributed by atoms with Gasteiger partial charge in [-0.2, -0.15) is 0 Å². The second kappa shape index (κ2) is 6.38. The molecular weight excluding hydrogens is 241 g/mol. The Morgan fingerprint density at radius 2 is 2.11 bits per heavy atom. The van der Waals surface area contributed by atoms with E-state index in [1.807, 2.05) is 12.1 Å². The molecule has 0 saturated heterocycles. The first-order valence-electron chi connectivity index (χ1n) is 6.50. The van der Waals surface area contributed by atoms with Crippen molar-refractivity contribution in [1.82, 2.24) is 15.3 Å². The van der Waals surface area contributed by atoms with Crippen molar-refractivity contribution in [3.63, 3.8) is 0 Å². The fourth-order valence-electron chi connectivity index (χ4n) is 1.76. The second-order valence-corrected chi connectivity index (χ2v) is 4.51. The lowest BCUT2D eigenvalue weighted by Crippen LogP contribution is -2.15. The Balaban J connectivity index is 2.19. The molecule has 0 radical (unpaired) electrons. The first-order valence-corrected chi connectivity index (χ1v) is 6.50. The SMILES string of the molecule is CCCNCc1ccnc(-c2ccc(C)c(F)c2)n1. The van der Waals surface area contributed by atoms with Gasteiger partial charge < -0.3 is 5.32 Å². The zero-order valence-corrected chi connectivity index (χ0v) is 11.3. The summed E-state index contributed by atoms with van der Waals surface area (Å²) in [5.41, 5.74) is 2.25. The standard InChI is InChI=1S/C15H18FN3/c1-3-7-17-10-13-6-8-18-15(19-13)12-5-4-11(2)14(16)9-12/h4-6,8-9,17H,3,7,10H2,1-2H3. The maximum absolute atomic E-state index is 13.5. The van der Waals surface area contributed by atoms with Crippen molar-refractivity contribution in [2.24, 2.45) is 0 Å². The number of hydrogen-bond donors (Lipinski definition) is 1. The first-order chi connectivity index (χ1) is 9.20. The molecule has 0 fully saturated rings. The summed E-state index contributed by atoms with van der Waals surface area (Å²) in [5.74, 6) is 0.338. The van der Waals surface area contributed by atoms with Crippen LogP contribution in [0.2, 0.25) is 0 Å². The molecule has 1 aromatic carbocycles. The van der Waals surface area contributed by atoms with Gasteiger partial charge in [0.2, 0.25) is 0 Å². The van der Waals surface area contributed by atoms with Crippen LogP contribution in [0, 0.1) is 12.7 Å².